The molecule has 2 nitrogen and oxygen atoms in total. The van der Waals surface area contributed by atoms with Crippen molar-refractivity contribution in [3.63, 3.8) is 0 Å². The molecule has 0 aliphatic carbocycles. The van der Waals surface area contributed by atoms with Crippen LogP contribution in [0.3, 0.4) is 0 Å². The molecule has 2 rings (SSSR count). The van der Waals surface area contributed by atoms with Gasteiger partial charge in [-0.15, -0.1) is 0 Å². The van der Waals surface area contributed by atoms with Crippen LogP contribution in [0.1, 0.15) is 24.9 Å². The lowest BCUT2D eigenvalue weighted by molar-refractivity contribution is 0.260. The van der Waals surface area contributed by atoms with Crippen LogP contribution in [0.5, 0.6) is 0 Å². The second-order valence-electron chi connectivity index (χ2n) is 4.27. The molecule has 1 unspecified atom stereocenters. The number of hydrogen-bond donors (Lipinski definition) is 1. The van der Waals surface area contributed by atoms with Crippen molar-refractivity contribution in [2.75, 3.05) is 13.1 Å². The molecule has 0 saturated carbocycles. The Bertz CT molecular complexity index is 323. The maximum Gasteiger partial charge on any atom is 0.0320 e. The van der Waals surface area contributed by atoms with Crippen LogP contribution in [0.4, 0.5) is 0 Å². The van der Waals surface area contributed by atoms with Gasteiger partial charge in [-0.05, 0) is 31.0 Å². The van der Waals surface area contributed by atoms with Crippen LogP contribution in [-0.4, -0.2) is 24.0 Å². The third-order valence-corrected chi connectivity index (χ3v) is 3.68. The average Bonchev–Trinajstić information content (AvgIpc) is 2.65. The summed E-state index contributed by atoms with van der Waals surface area (Å²) in [5.41, 5.74) is 7.28. The van der Waals surface area contributed by atoms with Gasteiger partial charge in [0.05, 0.1) is 0 Å². The lowest BCUT2D eigenvalue weighted by Gasteiger charge is -2.24. The molecule has 0 radical (unpaired) electrons. The molecule has 3 heteroatoms. The van der Waals surface area contributed by atoms with E-state index in [1.807, 2.05) is 0 Å². The lowest BCUT2D eigenvalue weighted by Crippen LogP contribution is -2.28. The van der Waals surface area contributed by atoms with E-state index in [9.17, 15) is 0 Å². The Morgan fingerprint density at radius 3 is 2.60 bits per heavy atom. The van der Waals surface area contributed by atoms with E-state index in [0.717, 1.165) is 24.0 Å². The molecule has 1 aromatic carbocycles. The molecule has 1 aliphatic heterocycles. The number of hydrogen-bond acceptors (Lipinski definition) is 2. The number of nitrogens with two attached hydrogens (primary N) is 1. The molecule has 1 heterocycles. The molecule has 82 valence electrons. The molecule has 2 atom stereocenters. The van der Waals surface area contributed by atoms with Gasteiger partial charge < -0.3 is 5.73 Å². The van der Waals surface area contributed by atoms with E-state index < -0.39 is 0 Å². The molecule has 2 N–H and O–H groups in total. The van der Waals surface area contributed by atoms with Gasteiger partial charge in [-0.25, -0.2) is 0 Å². The first-order valence-electron chi connectivity index (χ1n) is 5.42. The number of halogens is 1. The number of benzene rings is 1. The quantitative estimate of drug-likeness (QED) is 0.894. The topological polar surface area (TPSA) is 29.3 Å². The predicted octanol–water partition coefficient (Wildman–Crippen LogP) is 2.54. The van der Waals surface area contributed by atoms with Gasteiger partial charge in [0, 0.05) is 29.6 Å². The molecular formula is C12H17BrN2. The molecule has 15 heavy (non-hydrogen) atoms. The first kappa shape index (κ1) is 11.1. The minimum Gasteiger partial charge on any atom is -0.326 e. The molecule has 0 spiro atoms. The summed E-state index contributed by atoms with van der Waals surface area (Å²) >= 11 is 3.45. The molecule has 1 fully saturated rings. The zero-order valence-corrected chi connectivity index (χ0v) is 10.6. The Kier molecular flexibility index (Phi) is 3.44. The average molecular weight is 269 g/mol. The minimum absolute atomic E-state index is 0.364. The zero-order valence-electron chi connectivity index (χ0n) is 8.99. The smallest absolute Gasteiger partial charge is 0.0320 e. The molecule has 0 aromatic heterocycles. The highest BCUT2D eigenvalue weighted by Gasteiger charge is 2.23. The van der Waals surface area contributed by atoms with Crippen molar-refractivity contribution < 1.29 is 0 Å². The second-order valence-corrected chi connectivity index (χ2v) is 5.19. The Labute approximate surface area is 99.6 Å². The number of rotatable bonds is 2. The van der Waals surface area contributed by atoms with Crippen molar-refractivity contribution in [2.24, 2.45) is 5.73 Å². The van der Waals surface area contributed by atoms with Crippen LogP contribution in [0, 0.1) is 0 Å². The lowest BCUT2D eigenvalue weighted by atomic mass is 10.1. The van der Waals surface area contributed by atoms with Crippen molar-refractivity contribution in [3.8, 4) is 0 Å². The monoisotopic (exact) mass is 268 g/mol. The maximum atomic E-state index is 5.92. The fourth-order valence-corrected chi connectivity index (χ4v) is 2.38. The second kappa shape index (κ2) is 4.64. The van der Waals surface area contributed by atoms with Gasteiger partial charge in [-0.2, -0.15) is 0 Å². The largest absolute Gasteiger partial charge is 0.326 e. The number of likely N-dealkylation sites (tertiary alicyclic amines) is 1. The Morgan fingerprint density at radius 1 is 1.40 bits per heavy atom. The van der Waals surface area contributed by atoms with Gasteiger partial charge in [0.15, 0.2) is 0 Å². The summed E-state index contributed by atoms with van der Waals surface area (Å²) in [6, 6.07) is 9.40. The SMILES string of the molecule is CC(c1ccc(Br)cc1)N1CC[C@@H](N)C1. The molecule has 0 bridgehead atoms. The third-order valence-electron chi connectivity index (χ3n) is 3.16. The molecule has 1 saturated heterocycles. The summed E-state index contributed by atoms with van der Waals surface area (Å²) in [6.07, 6.45) is 1.13. The van der Waals surface area contributed by atoms with Crippen LogP contribution >= 0.6 is 15.9 Å². The minimum atomic E-state index is 0.364. The summed E-state index contributed by atoms with van der Waals surface area (Å²) in [5.74, 6) is 0. The van der Waals surface area contributed by atoms with Crippen LogP contribution in [0.25, 0.3) is 0 Å². The highest BCUT2D eigenvalue weighted by Crippen LogP contribution is 2.25. The Balaban J connectivity index is 2.07. The van der Waals surface area contributed by atoms with Crippen LogP contribution < -0.4 is 5.73 Å². The van der Waals surface area contributed by atoms with E-state index in [0.29, 0.717) is 12.1 Å². The normalized spacial score (nSPS) is 24.3. The highest BCUT2D eigenvalue weighted by molar-refractivity contribution is 9.10. The van der Waals surface area contributed by atoms with Gasteiger partial charge in [0.25, 0.3) is 0 Å². The molecule has 1 aliphatic rings. The fraction of sp³-hybridized carbons (Fsp3) is 0.500. The third kappa shape index (κ3) is 2.60. The van der Waals surface area contributed by atoms with Gasteiger partial charge in [0.1, 0.15) is 0 Å². The van der Waals surface area contributed by atoms with Crippen molar-refractivity contribution >= 4 is 15.9 Å². The standard InChI is InChI=1S/C12H17BrN2/c1-9(15-7-6-12(14)8-15)10-2-4-11(13)5-3-10/h2-5,9,12H,6-8,14H2,1H3/t9?,12-/m1/s1. The maximum absolute atomic E-state index is 5.92. The van der Waals surface area contributed by atoms with Gasteiger partial charge in [-0.1, -0.05) is 28.1 Å². The number of nitrogens with zero attached hydrogens (tertiary/aromatic N) is 1. The first-order valence-corrected chi connectivity index (χ1v) is 6.21. The summed E-state index contributed by atoms with van der Waals surface area (Å²) in [7, 11) is 0. The van der Waals surface area contributed by atoms with E-state index >= 15 is 0 Å². The first-order chi connectivity index (χ1) is 7.16. The van der Waals surface area contributed by atoms with E-state index in [-0.39, 0.29) is 0 Å². The van der Waals surface area contributed by atoms with E-state index in [1.165, 1.54) is 5.56 Å². The van der Waals surface area contributed by atoms with E-state index in [4.69, 9.17) is 5.73 Å². The van der Waals surface area contributed by atoms with Crippen LogP contribution in [0.15, 0.2) is 28.7 Å². The van der Waals surface area contributed by atoms with Gasteiger partial charge >= 0.3 is 0 Å². The molecule has 1 aromatic rings. The zero-order chi connectivity index (χ0) is 10.8. The van der Waals surface area contributed by atoms with Crippen LogP contribution in [-0.2, 0) is 0 Å². The fourth-order valence-electron chi connectivity index (χ4n) is 2.12. The van der Waals surface area contributed by atoms with Gasteiger partial charge in [0.2, 0.25) is 0 Å². The summed E-state index contributed by atoms with van der Waals surface area (Å²) in [5, 5.41) is 0. The molecular weight excluding hydrogens is 252 g/mol. The van der Waals surface area contributed by atoms with Crippen molar-refractivity contribution in [3.05, 3.63) is 34.3 Å². The summed E-state index contributed by atoms with van der Waals surface area (Å²) < 4.78 is 1.14. The van der Waals surface area contributed by atoms with Gasteiger partial charge in [-0.3, -0.25) is 4.90 Å². The van der Waals surface area contributed by atoms with Crippen molar-refractivity contribution in [1.29, 1.82) is 0 Å². The van der Waals surface area contributed by atoms with E-state index in [1.54, 1.807) is 0 Å². The summed E-state index contributed by atoms with van der Waals surface area (Å²) in [4.78, 5) is 2.45. The highest BCUT2D eigenvalue weighted by atomic mass is 79.9. The predicted molar refractivity (Wildman–Crippen MR) is 66.7 cm³/mol. The summed E-state index contributed by atoms with van der Waals surface area (Å²) in [6.45, 7) is 4.40. The Hall–Kier alpha value is -0.380. The Morgan fingerprint density at radius 2 is 2.07 bits per heavy atom. The van der Waals surface area contributed by atoms with Crippen LogP contribution in [0.2, 0.25) is 0 Å². The van der Waals surface area contributed by atoms with Crippen molar-refractivity contribution in [1.82, 2.24) is 4.90 Å². The van der Waals surface area contributed by atoms with Crippen molar-refractivity contribution in [2.45, 2.75) is 25.4 Å². The van der Waals surface area contributed by atoms with E-state index in [2.05, 4.69) is 52.0 Å². The molecule has 0 amide bonds.